The molecule has 4 nitrogen and oxygen atoms in total. The first-order valence-electron chi connectivity index (χ1n) is 6.19. The molecule has 0 fully saturated rings. The highest BCUT2D eigenvalue weighted by Crippen LogP contribution is 2.19. The van der Waals surface area contributed by atoms with Crippen LogP contribution in [0.25, 0.3) is 0 Å². The van der Waals surface area contributed by atoms with Crippen LogP contribution in [0, 0.1) is 5.92 Å². The minimum atomic E-state index is -1.14. The molecule has 1 aromatic rings. The Morgan fingerprint density at radius 2 is 2.05 bits per heavy atom. The van der Waals surface area contributed by atoms with Gasteiger partial charge in [-0.2, -0.15) is 0 Å². The number of rotatable bonds is 7. The van der Waals surface area contributed by atoms with E-state index in [4.69, 9.17) is 21.4 Å². The topological polar surface area (TPSA) is 63.6 Å². The van der Waals surface area contributed by atoms with E-state index in [9.17, 15) is 9.59 Å². The summed E-state index contributed by atoms with van der Waals surface area (Å²) in [6.45, 7) is 1.84. The molecule has 0 heterocycles. The molecule has 5 heteroatoms. The van der Waals surface area contributed by atoms with Crippen LogP contribution in [0.4, 0.5) is 0 Å². The molecule has 1 N–H and O–H groups in total. The van der Waals surface area contributed by atoms with E-state index in [1.54, 1.807) is 13.0 Å². The summed E-state index contributed by atoms with van der Waals surface area (Å²) >= 11 is 6.01. The maximum Gasteiger partial charge on any atom is 0.320 e. The number of esters is 1. The number of carbonyl (C=O) groups is 2. The number of carbonyl (C=O) groups excluding carboxylic acids is 1. The van der Waals surface area contributed by atoms with Gasteiger partial charge in [-0.3, -0.25) is 9.59 Å². The fraction of sp³-hybridized carbons (Fsp3) is 0.429. The average molecular weight is 285 g/mol. The molecule has 1 atom stereocenters. The molecular formula is C14H17ClO4. The molecule has 0 unspecified atom stereocenters. The van der Waals surface area contributed by atoms with Crippen molar-refractivity contribution in [1.82, 2.24) is 0 Å². The van der Waals surface area contributed by atoms with Crippen LogP contribution in [-0.4, -0.2) is 23.7 Å². The molecule has 0 saturated heterocycles. The number of ether oxygens (including phenoxy) is 1. The SMILES string of the molecule is CCOC(=O)[C@@H](CCCc1ccccc1Cl)C(=O)O. The molecule has 0 saturated carbocycles. The second kappa shape index (κ2) is 7.79. The Hall–Kier alpha value is -1.55. The number of benzene rings is 1. The zero-order valence-corrected chi connectivity index (χ0v) is 11.5. The summed E-state index contributed by atoms with van der Waals surface area (Å²) in [4.78, 5) is 22.5. The lowest BCUT2D eigenvalue weighted by atomic mass is 9.99. The van der Waals surface area contributed by atoms with Gasteiger partial charge in [-0.15, -0.1) is 0 Å². The number of carboxylic acid groups (broad SMARTS) is 1. The predicted molar refractivity (Wildman–Crippen MR) is 72.1 cm³/mol. The third kappa shape index (κ3) is 4.91. The van der Waals surface area contributed by atoms with Gasteiger partial charge in [0.2, 0.25) is 0 Å². The molecule has 104 valence electrons. The summed E-state index contributed by atoms with van der Waals surface area (Å²) in [5, 5.41) is 9.65. The molecule has 0 amide bonds. The lowest BCUT2D eigenvalue weighted by Gasteiger charge is -2.11. The first kappa shape index (κ1) is 15.5. The number of hydrogen-bond acceptors (Lipinski definition) is 3. The minimum absolute atomic E-state index is 0.188. The monoisotopic (exact) mass is 284 g/mol. The summed E-state index contributed by atoms with van der Waals surface area (Å²) in [7, 11) is 0. The molecular weight excluding hydrogens is 268 g/mol. The number of aliphatic carboxylic acids is 1. The maximum atomic E-state index is 11.5. The average Bonchev–Trinajstić information content (AvgIpc) is 2.36. The standard InChI is InChI=1S/C14H17ClO4/c1-2-19-14(18)11(13(16)17)8-5-7-10-6-3-4-9-12(10)15/h3-4,6,9,11H,2,5,7-8H2,1H3,(H,16,17)/t11-/m0/s1. The Labute approximate surface area is 117 Å². The van der Waals surface area contributed by atoms with Gasteiger partial charge >= 0.3 is 11.9 Å². The molecule has 1 aromatic carbocycles. The lowest BCUT2D eigenvalue weighted by molar-refractivity contribution is -0.158. The quantitative estimate of drug-likeness (QED) is 0.618. The third-order valence-electron chi connectivity index (χ3n) is 2.77. The normalized spacial score (nSPS) is 11.9. The van der Waals surface area contributed by atoms with E-state index >= 15 is 0 Å². The number of aryl methyl sites for hydroxylation is 1. The van der Waals surface area contributed by atoms with Crippen LogP contribution in [0.2, 0.25) is 5.02 Å². The smallest absolute Gasteiger partial charge is 0.320 e. The summed E-state index contributed by atoms with van der Waals surface area (Å²) < 4.78 is 4.75. The fourth-order valence-electron chi connectivity index (χ4n) is 1.78. The van der Waals surface area contributed by atoms with Crippen molar-refractivity contribution in [1.29, 1.82) is 0 Å². The van der Waals surface area contributed by atoms with Crippen molar-refractivity contribution in [2.45, 2.75) is 26.2 Å². The zero-order valence-electron chi connectivity index (χ0n) is 10.8. The van der Waals surface area contributed by atoms with Gasteiger partial charge in [0.1, 0.15) is 0 Å². The first-order valence-corrected chi connectivity index (χ1v) is 6.57. The largest absolute Gasteiger partial charge is 0.481 e. The van der Waals surface area contributed by atoms with E-state index in [0.29, 0.717) is 17.9 Å². The van der Waals surface area contributed by atoms with Gasteiger partial charge in [-0.1, -0.05) is 29.8 Å². The Morgan fingerprint density at radius 3 is 2.63 bits per heavy atom. The van der Waals surface area contributed by atoms with Crippen LogP contribution in [0.1, 0.15) is 25.3 Å². The van der Waals surface area contributed by atoms with Crippen molar-refractivity contribution in [3.05, 3.63) is 34.9 Å². The Balaban J connectivity index is 2.51. The van der Waals surface area contributed by atoms with Gasteiger partial charge < -0.3 is 9.84 Å². The number of halogens is 1. The van der Waals surface area contributed by atoms with Crippen LogP contribution >= 0.6 is 11.6 Å². The Kier molecular flexibility index (Phi) is 6.36. The number of carboxylic acids is 1. The third-order valence-corrected chi connectivity index (χ3v) is 3.13. The molecule has 0 aliphatic heterocycles. The molecule has 1 rings (SSSR count). The van der Waals surface area contributed by atoms with Crippen molar-refractivity contribution >= 4 is 23.5 Å². The van der Waals surface area contributed by atoms with Crippen molar-refractivity contribution in [3.63, 3.8) is 0 Å². The van der Waals surface area contributed by atoms with Crippen molar-refractivity contribution in [3.8, 4) is 0 Å². The first-order chi connectivity index (χ1) is 9.06. The van der Waals surface area contributed by atoms with Gasteiger partial charge in [0.15, 0.2) is 5.92 Å². The maximum absolute atomic E-state index is 11.5. The van der Waals surface area contributed by atoms with Crippen LogP contribution in [0.3, 0.4) is 0 Å². The van der Waals surface area contributed by atoms with E-state index in [1.807, 2.05) is 18.2 Å². The highest BCUT2D eigenvalue weighted by molar-refractivity contribution is 6.31. The van der Waals surface area contributed by atoms with E-state index < -0.39 is 17.9 Å². The highest BCUT2D eigenvalue weighted by Gasteiger charge is 2.26. The highest BCUT2D eigenvalue weighted by atomic mass is 35.5. The van der Waals surface area contributed by atoms with E-state index in [-0.39, 0.29) is 13.0 Å². The van der Waals surface area contributed by atoms with Crippen molar-refractivity contribution < 1.29 is 19.4 Å². The predicted octanol–water partition coefficient (Wildman–Crippen LogP) is 2.93. The minimum Gasteiger partial charge on any atom is -0.481 e. The van der Waals surface area contributed by atoms with Gasteiger partial charge in [0.25, 0.3) is 0 Å². The summed E-state index contributed by atoms with van der Waals surface area (Å²) in [5.74, 6) is -2.91. The zero-order chi connectivity index (χ0) is 14.3. The number of hydrogen-bond donors (Lipinski definition) is 1. The second-order valence-electron chi connectivity index (χ2n) is 4.13. The fourth-order valence-corrected chi connectivity index (χ4v) is 2.01. The molecule has 0 radical (unpaired) electrons. The molecule has 0 aromatic heterocycles. The Bertz CT molecular complexity index is 445. The van der Waals surface area contributed by atoms with Crippen molar-refractivity contribution in [2.75, 3.05) is 6.61 Å². The molecule has 0 aliphatic rings. The van der Waals surface area contributed by atoms with Crippen LogP contribution in [-0.2, 0) is 20.7 Å². The summed E-state index contributed by atoms with van der Waals surface area (Å²) in [6.07, 6.45) is 1.46. The lowest BCUT2D eigenvalue weighted by Crippen LogP contribution is -2.26. The van der Waals surface area contributed by atoms with Gasteiger partial charge in [-0.05, 0) is 37.8 Å². The van der Waals surface area contributed by atoms with Gasteiger partial charge in [-0.25, -0.2) is 0 Å². The molecule has 0 spiro atoms. The summed E-state index contributed by atoms with van der Waals surface area (Å²) in [6, 6.07) is 7.39. The molecule has 0 aliphatic carbocycles. The Morgan fingerprint density at radius 1 is 1.37 bits per heavy atom. The van der Waals surface area contributed by atoms with Gasteiger partial charge in [0.05, 0.1) is 6.61 Å². The molecule has 19 heavy (non-hydrogen) atoms. The van der Waals surface area contributed by atoms with E-state index in [1.165, 1.54) is 0 Å². The second-order valence-corrected chi connectivity index (χ2v) is 4.53. The van der Waals surface area contributed by atoms with Gasteiger partial charge in [0, 0.05) is 5.02 Å². The van der Waals surface area contributed by atoms with E-state index in [2.05, 4.69) is 0 Å². The molecule has 0 bridgehead atoms. The van der Waals surface area contributed by atoms with Crippen LogP contribution in [0.15, 0.2) is 24.3 Å². The van der Waals surface area contributed by atoms with Crippen LogP contribution in [0.5, 0.6) is 0 Å². The summed E-state index contributed by atoms with van der Waals surface area (Å²) in [5.41, 5.74) is 0.956. The van der Waals surface area contributed by atoms with Crippen LogP contribution < -0.4 is 0 Å². The van der Waals surface area contributed by atoms with E-state index in [0.717, 1.165) is 5.56 Å². The van der Waals surface area contributed by atoms with Crippen molar-refractivity contribution in [2.24, 2.45) is 5.92 Å².